The van der Waals surface area contributed by atoms with E-state index in [0.717, 1.165) is 41.5 Å². The van der Waals surface area contributed by atoms with Gasteiger partial charge in [0.15, 0.2) is 11.6 Å². The number of aryl methyl sites for hydroxylation is 1. The van der Waals surface area contributed by atoms with Crippen LogP contribution < -0.4 is 16.0 Å². The molecule has 0 aliphatic rings. The molecule has 0 aliphatic carbocycles. The van der Waals surface area contributed by atoms with Crippen molar-refractivity contribution in [3.63, 3.8) is 0 Å². The minimum Gasteiger partial charge on any atom is -0.368 e. The van der Waals surface area contributed by atoms with Crippen LogP contribution in [0.15, 0.2) is 41.9 Å². The zero-order valence-corrected chi connectivity index (χ0v) is 15.7. The van der Waals surface area contributed by atoms with Crippen molar-refractivity contribution in [2.45, 2.75) is 13.3 Å². The summed E-state index contributed by atoms with van der Waals surface area (Å²) in [4.78, 5) is 17.5. The molecular formula is C18H25N9. The Kier molecular flexibility index (Phi) is 6.50. The molecule has 0 saturated heterocycles. The largest absolute Gasteiger partial charge is 0.368 e. The normalized spacial score (nSPS) is 11.6. The molecule has 0 atom stereocenters. The third-order valence-corrected chi connectivity index (χ3v) is 3.95. The molecule has 0 aliphatic heterocycles. The van der Waals surface area contributed by atoms with Crippen molar-refractivity contribution in [3.8, 4) is 0 Å². The number of rotatable bonds is 8. The van der Waals surface area contributed by atoms with E-state index in [4.69, 9.17) is 0 Å². The van der Waals surface area contributed by atoms with Crippen LogP contribution in [0.3, 0.4) is 0 Å². The fourth-order valence-electron chi connectivity index (χ4n) is 2.63. The lowest BCUT2D eigenvalue weighted by Gasteiger charge is -2.12. The summed E-state index contributed by atoms with van der Waals surface area (Å²) < 4.78 is 1.73. The highest BCUT2D eigenvalue weighted by atomic mass is 15.3. The third kappa shape index (κ3) is 5.13. The molecule has 0 amide bonds. The van der Waals surface area contributed by atoms with Crippen molar-refractivity contribution < 1.29 is 0 Å². The topological polar surface area (TPSA) is 105 Å². The molecule has 0 saturated carbocycles. The standard InChI is InChI=1S/C18H25N9/c1-3-19-18(22-9-7-14-6-4-5-8-20-14)23-11-10-21-16-15-12-26-27(2)17(15)25-13-24-16/h4-6,8,12-13H,3,7,9-11H2,1-2H3,(H2,19,22,23)(H,21,24,25). The number of aromatic nitrogens is 5. The Bertz CT molecular complexity index is 873. The Morgan fingerprint density at radius 1 is 1.15 bits per heavy atom. The molecule has 0 fully saturated rings. The van der Waals surface area contributed by atoms with Gasteiger partial charge in [-0.3, -0.25) is 14.7 Å². The highest BCUT2D eigenvalue weighted by Crippen LogP contribution is 2.16. The van der Waals surface area contributed by atoms with E-state index in [1.807, 2.05) is 32.2 Å². The molecule has 27 heavy (non-hydrogen) atoms. The molecule has 142 valence electrons. The smallest absolute Gasteiger partial charge is 0.191 e. The number of fused-ring (bicyclic) bond motifs is 1. The molecule has 9 heteroatoms. The number of guanidine groups is 1. The molecule has 0 aromatic carbocycles. The van der Waals surface area contributed by atoms with Gasteiger partial charge in [-0.15, -0.1) is 0 Å². The van der Waals surface area contributed by atoms with Gasteiger partial charge in [-0.1, -0.05) is 6.07 Å². The van der Waals surface area contributed by atoms with E-state index in [-0.39, 0.29) is 0 Å². The summed E-state index contributed by atoms with van der Waals surface area (Å²) in [5, 5.41) is 15.0. The molecule has 3 heterocycles. The van der Waals surface area contributed by atoms with Crippen LogP contribution in [-0.2, 0) is 13.5 Å². The van der Waals surface area contributed by atoms with Gasteiger partial charge in [0.1, 0.15) is 12.1 Å². The average Bonchev–Trinajstić information content (AvgIpc) is 3.08. The number of hydrogen-bond donors (Lipinski definition) is 3. The van der Waals surface area contributed by atoms with Crippen molar-refractivity contribution in [1.82, 2.24) is 35.4 Å². The summed E-state index contributed by atoms with van der Waals surface area (Å²) in [6.07, 6.45) is 5.94. The highest BCUT2D eigenvalue weighted by Gasteiger charge is 2.07. The van der Waals surface area contributed by atoms with Crippen molar-refractivity contribution >= 4 is 22.8 Å². The summed E-state index contributed by atoms with van der Waals surface area (Å²) in [7, 11) is 1.87. The fourth-order valence-corrected chi connectivity index (χ4v) is 2.63. The SMILES string of the molecule is CCNC(=NCCc1ccccn1)NCCNc1ncnc2c1cnn2C. The first kappa shape index (κ1) is 18.6. The number of pyridine rings is 1. The number of nitrogens with zero attached hydrogens (tertiary/aromatic N) is 6. The van der Waals surface area contributed by atoms with Gasteiger partial charge in [0.2, 0.25) is 0 Å². The molecule has 3 aromatic heterocycles. The molecule has 3 rings (SSSR count). The van der Waals surface area contributed by atoms with Crippen molar-refractivity contribution in [2.75, 3.05) is 31.5 Å². The number of anilines is 1. The van der Waals surface area contributed by atoms with Gasteiger partial charge in [0.05, 0.1) is 11.6 Å². The maximum atomic E-state index is 4.59. The number of aliphatic imine (C=N–C) groups is 1. The second-order valence-corrected chi connectivity index (χ2v) is 5.91. The van der Waals surface area contributed by atoms with Gasteiger partial charge in [-0.25, -0.2) is 9.97 Å². The lowest BCUT2D eigenvalue weighted by Crippen LogP contribution is -2.39. The molecule has 0 radical (unpaired) electrons. The first-order valence-corrected chi connectivity index (χ1v) is 9.06. The average molecular weight is 367 g/mol. The second-order valence-electron chi connectivity index (χ2n) is 5.91. The predicted octanol–water partition coefficient (Wildman–Crippen LogP) is 0.968. The maximum Gasteiger partial charge on any atom is 0.191 e. The number of hydrogen-bond acceptors (Lipinski definition) is 6. The van der Waals surface area contributed by atoms with Crippen LogP contribution in [-0.4, -0.2) is 56.9 Å². The minimum atomic E-state index is 0.683. The molecule has 3 N–H and O–H groups in total. The lowest BCUT2D eigenvalue weighted by atomic mass is 10.3. The molecule has 0 bridgehead atoms. The summed E-state index contributed by atoms with van der Waals surface area (Å²) in [6.45, 7) is 4.95. The van der Waals surface area contributed by atoms with Crippen LogP contribution in [0.25, 0.3) is 11.0 Å². The second kappa shape index (κ2) is 9.46. The minimum absolute atomic E-state index is 0.683. The van der Waals surface area contributed by atoms with Crippen LogP contribution in [0.4, 0.5) is 5.82 Å². The molecule has 0 unspecified atom stereocenters. The Morgan fingerprint density at radius 2 is 2.07 bits per heavy atom. The molecular weight excluding hydrogens is 342 g/mol. The Hall–Kier alpha value is -3.23. The van der Waals surface area contributed by atoms with Crippen LogP contribution >= 0.6 is 0 Å². The van der Waals surface area contributed by atoms with E-state index in [1.165, 1.54) is 0 Å². The van der Waals surface area contributed by atoms with Crippen molar-refractivity contribution in [2.24, 2.45) is 12.0 Å². The third-order valence-electron chi connectivity index (χ3n) is 3.95. The van der Waals surface area contributed by atoms with E-state index in [2.05, 4.69) is 41.0 Å². The van der Waals surface area contributed by atoms with Gasteiger partial charge < -0.3 is 16.0 Å². The predicted molar refractivity (Wildman–Crippen MR) is 107 cm³/mol. The van der Waals surface area contributed by atoms with Crippen LogP contribution in [0.2, 0.25) is 0 Å². The zero-order chi connectivity index (χ0) is 18.9. The van der Waals surface area contributed by atoms with Crippen LogP contribution in [0.1, 0.15) is 12.6 Å². The summed E-state index contributed by atoms with van der Waals surface area (Å²) >= 11 is 0. The van der Waals surface area contributed by atoms with Gasteiger partial charge in [-0.2, -0.15) is 5.10 Å². The molecule has 9 nitrogen and oxygen atoms in total. The van der Waals surface area contributed by atoms with E-state index >= 15 is 0 Å². The van der Waals surface area contributed by atoms with Crippen molar-refractivity contribution in [3.05, 3.63) is 42.6 Å². The fraction of sp³-hybridized carbons (Fsp3) is 0.389. The summed E-state index contributed by atoms with van der Waals surface area (Å²) in [6, 6.07) is 5.93. The first-order valence-electron chi connectivity index (χ1n) is 9.06. The maximum absolute atomic E-state index is 4.59. The quantitative estimate of drug-likeness (QED) is 0.309. The van der Waals surface area contributed by atoms with Crippen molar-refractivity contribution in [1.29, 1.82) is 0 Å². The van der Waals surface area contributed by atoms with E-state index in [0.29, 0.717) is 19.6 Å². The zero-order valence-electron chi connectivity index (χ0n) is 15.7. The van der Waals surface area contributed by atoms with Gasteiger partial charge in [0.25, 0.3) is 0 Å². The monoisotopic (exact) mass is 367 g/mol. The molecule has 0 spiro atoms. The lowest BCUT2D eigenvalue weighted by molar-refractivity contribution is 0.785. The highest BCUT2D eigenvalue weighted by molar-refractivity contribution is 5.86. The summed E-state index contributed by atoms with van der Waals surface area (Å²) in [5.41, 5.74) is 1.85. The first-order chi connectivity index (χ1) is 13.3. The van der Waals surface area contributed by atoms with E-state index in [9.17, 15) is 0 Å². The van der Waals surface area contributed by atoms with Gasteiger partial charge in [-0.05, 0) is 19.1 Å². The van der Waals surface area contributed by atoms with E-state index < -0.39 is 0 Å². The van der Waals surface area contributed by atoms with Gasteiger partial charge in [0, 0.05) is 51.5 Å². The molecule has 3 aromatic rings. The van der Waals surface area contributed by atoms with Gasteiger partial charge >= 0.3 is 0 Å². The number of nitrogens with one attached hydrogen (secondary N) is 3. The Labute approximate surface area is 158 Å². The Morgan fingerprint density at radius 3 is 2.89 bits per heavy atom. The van der Waals surface area contributed by atoms with Crippen LogP contribution in [0.5, 0.6) is 0 Å². The van der Waals surface area contributed by atoms with Crippen LogP contribution in [0, 0.1) is 0 Å². The Balaban J connectivity index is 1.48. The van der Waals surface area contributed by atoms with E-state index in [1.54, 1.807) is 23.4 Å². The summed E-state index contributed by atoms with van der Waals surface area (Å²) in [5.74, 6) is 1.58.